The maximum absolute atomic E-state index is 12.5. The Morgan fingerprint density at radius 1 is 0.741 bits per heavy atom. The lowest BCUT2D eigenvalue weighted by molar-refractivity contribution is -0.132. The summed E-state index contributed by atoms with van der Waals surface area (Å²) in [5.41, 5.74) is 2.38. The van der Waals surface area contributed by atoms with Gasteiger partial charge in [0.1, 0.15) is 0 Å². The smallest absolute Gasteiger partial charge is 0.225 e. The minimum atomic E-state index is -0.308. The van der Waals surface area contributed by atoms with Crippen LogP contribution in [0.1, 0.15) is 11.1 Å². The Balaban J connectivity index is 1.42. The first kappa shape index (κ1) is 19.1. The molecule has 0 bridgehead atoms. The van der Waals surface area contributed by atoms with E-state index >= 15 is 0 Å². The second-order valence-electron chi connectivity index (χ2n) is 6.92. The highest BCUT2D eigenvalue weighted by atomic mass is 16.2. The molecule has 5 heteroatoms. The van der Waals surface area contributed by atoms with Crippen molar-refractivity contribution in [1.82, 2.24) is 16.0 Å². The van der Waals surface area contributed by atoms with Crippen LogP contribution < -0.4 is 16.0 Å². The van der Waals surface area contributed by atoms with E-state index in [2.05, 4.69) is 16.0 Å². The Labute approximate surface area is 160 Å². The molecule has 1 aliphatic heterocycles. The molecule has 2 amide bonds. The molecule has 0 spiro atoms. The van der Waals surface area contributed by atoms with E-state index < -0.39 is 0 Å². The summed E-state index contributed by atoms with van der Waals surface area (Å²) in [6.07, 6.45) is 1.58. The number of benzene rings is 2. The molecule has 2 aromatic carbocycles. The Morgan fingerprint density at radius 2 is 1.15 bits per heavy atom. The van der Waals surface area contributed by atoms with Crippen molar-refractivity contribution in [3.63, 3.8) is 0 Å². The van der Waals surface area contributed by atoms with E-state index in [0.29, 0.717) is 26.2 Å². The molecule has 0 aromatic heterocycles. The van der Waals surface area contributed by atoms with E-state index in [-0.39, 0.29) is 23.7 Å². The van der Waals surface area contributed by atoms with Gasteiger partial charge in [-0.2, -0.15) is 0 Å². The van der Waals surface area contributed by atoms with Crippen LogP contribution in [0.3, 0.4) is 0 Å². The van der Waals surface area contributed by atoms with Crippen LogP contribution in [0, 0.1) is 11.8 Å². The van der Waals surface area contributed by atoms with Crippen molar-refractivity contribution < 1.29 is 9.59 Å². The van der Waals surface area contributed by atoms with Crippen LogP contribution in [0.4, 0.5) is 0 Å². The Morgan fingerprint density at radius 3 is 1.56 bits per heavy atom. The monoisotopic (exact) mass is 365 g/mol. The first-order chi connectivity index (χ1) is 13.2. The van der Waals surface area contributed by atoms with Crippen molar-refractivity contribution in [1.29, 1.82) is 0 Å². The van der Waals surface area contributed by atoms with E-state index in [4.69, 9.17) is 0 Å². The molecule has 0 aliphatic carbocycles. The van der Waals surface area contributed by atoms with E-state index in [9.17, 15) is 9.59 Å². The lowest BCUT2D eigenvalue weighted by Gasteiger charge is -2.18. The molecule has 0 radical (unpaired) electrons. The van der Waals surface area contributed by atoms with Gasteiger partial charge >= 0.3 is 0 Å². The second kappa shape index (κ2) is 9.88. The molecule has 142 valence electrons. The molecule has 2 atom stereocenters. The summed E-state index contributed by atoms with van der Waals surface area (Å²) in [7, 11) is 0. The zero-order chi connectivity index (χ0) is 18.9. The van der Waals surface area contributed by atoms with Crippen LogP contribution in [0.25, 0.3) is 0 Å². The van der Waals surface area contributed by atoms with Crippen LogP contribution in [0.15, 0.2) is 60.7 Å². The van der Waals surface area contributed by atoms with Crippen molar-refractivity contribution in [2.24, 2.45) is 11.8 Å². The van der Waals surface area contributed by atoms with E-state index in [1.54, 1.807) is 0 Å². The molecule has 0 saturated carbocycles. The maximum atomic E-state index is 12.5. The summed E-state index contributed by atoms with van der Waals surface area (Å²) in [6.45, 7) is 2.27. The number of hydrogen-bond donors (Lipinski definition) is 3. The van der Waals surface area contributed by atoms with Crippen molar-refractivity contribution in [2.45, 2.75) is 12.8 Å². The fourth-order valence-corrected chi connectivity index (χ4v) is 3.44. The van der Waals surface area contributed by atoms with Gasteiger partial charge in [-0.05, 0) is 24.0 Å². The molecular weight excluding hydrogens is 338 g/mol. The molecule has 27 heavy (non-hydrogen) atoms. The summed E-state index contributed by atoms with van der Waals surface area (Å²) in [6, 6.07) is 20.1. The van der Waals surface area contributed by atoms with Crippen LogP contribution in [-0.4, -0.2) is 38.0 Å². The molecule has 1 fully saturated rings. The van der Waals surface area contributed by atoms with Crippen LogP contribution in [0.5, 0.6) is 0 Å². The number of hydrogen-bond acceptors (Lipinski definition) is 3. The van der Waals surface area contributed by atoms with Crippen LogP contribution in [-0.2, 0) is 22.4 Å². The van der Waals surface area contributed by atoms with Gasteiger partial charge in [-0.25, -0.2) is 0 Å². The molecule has 2 aromatic rings. The molecular formula is C22H27N3O2. The normalized spacial score (nSPS) is 18.8. The number of rotatable bonds is 8. The van der Waals surface area contributed by atoms with Crippen LogP contribution in [0.2, 0.25) is 0 Å². The molecule has 1 heterocycles. The summed E-state index contributed by atoms with van der Waals surface area (Å²) < 4.78 is 0. The van der Waals surface area contributed by atoms with E-state index in [0.717, 1.165) is 12.8 Å². The molecule has 5 nitrogen and oxygen atoms in total. The van der Waals surface area contributed by atoms with Gasteiger partial charge in [-0.15, -0.1) is 0 Å². The van der Waals surface area contributed by atoms with Crippen molar-refractivity contribution in [3.05, 3.63) is 71.8 Å². The van der Waals surface area contributed by atoms with Gasteiger partial charge < -0.3 is 16.0 Å². The van der Waals surface area contributed by atoms with Gasteiger partial charge in [0.25, 0.3) is 0 Å². The summed E-state index contributed by atoms with van der Waals surface area (Å²) in [5, 5.41) is 9.14. The van der Waals surface area contributed by atoms with Gasteiger partial charge in [0.2, 0.25) is 11.8 Å². The highest BCUT2D eigenvalue weighted by Crippen LogP contribution is 2.17. The zero-order valence-corrected chi connectivity index (χ0v) is 15.5. The van der Waals surface area contributed by atoms with Gasteiger partial charge in [0.05, 0.1) is 11.8 Å². The van der Waals surface area contributed by atoms with E-state index in [1.165, 1.54) is 11.1 Å². The van der Waals surface area contributed by atoms with Gasteiger partial charge in [0, 0.05) is 26.2 Å². The first-order valence-electron chi connectivity index (χ1n) is 9.58. The predicted molar refractivity (Wildman–Crippen MR) is 106 cm³/mol. The maximum Gasteiger partial charge on any atom is 0.225 e. The summed E-state index contributed by atoms with van der Waals surface area (Å²) in [4.78, 5) is 25.0. The number of carbonyl (C=O) groups excluding carboxylic acids is 2. The standard InChI is InChI=1S/C22H27N3O2/c26-21(24-13-11-17-7-3-1-4-8-17)19-15-23-16-20(19)22(27)25-14-12-18-9-5-2-6-10-18/h1-10,19-20,23H,11-16H2,(H,24,26)(H,25,27)/t19-,20-/m0/s1. The Hall–Kier alpha value is -2.66. The third kappa shape index (κ3) is 5.66. The van der Waals surface area contributed by atoms with Gasteiger partial charge in [0.15, 0.2) is 0 Å². The predicted octanol–water partition coefficient (Wildman–Crippen LogP) is 1.54. The number of nitrogens with one attached hydrogen (secondary N) is 3. The van der Waals surface area contributed by atoms with Crippen molar-refractivity contribution >= 4 is 11.8 Å². The van der Waals surface area contributed by atoms with Crippen LogP contribution >= 0.6 is 0 Å². The first-order valence-corrected chi connectivity index (χ1v) is 9.58. The zero-order valence-electron chi connectivity index (χ0n) is 15.5. The molecule has 3 N–H and O–H groups in total. The summed E-state index contributed by atoms with van der Waals surface area (Å²) >= 11 is 0. The highest BCUT2D eigenvalue weighted by molar-refractivity contribution is 5.88. The SMILES string of the molecule is O=C(NCCc1ccccc1)[C@H]1CNC[C@@H]1C(=O)NCCc1ccccc1. The van der Waals surface area contributed by atoms with E-state index in [1.807, 2.05) is 60.7 Å². The largest absolute Gasteiger partial charge is 0.355 e. The minimum Gasteiger partial charge on any atom is -0.355 e. The quantitative estimate of drug-likeness (QED) is 0.665. The third-order valence-corrected chi connectivity index (χ3v) is 5.00. The molecule has 1 saturated heterocycles. The molecule has 1 aliphatic rings. The highest BCUT2D eigenvalue weighted by Gasteiger charge is 2.37. The van der Waals surface area contributed by atoms with Crippen molar-refractivity contribution in [2.75, 3.05) is 26.2 Å². The lowest BCUT2D eigenvalue weighted by Crippen LogP contribution is -2.42. The van der Waals surface area contributed by atoms with Crippen molar-refractivity contribution in [3.8, 4) is 0 Å². The average molecular weight is 365 g/mol. The van der Waals surface area contributed by atoms with Gasteiger partial charge in [-0.3, -0.25) is 9.59 Å². The minimum absolute atomic E-state index is 0.0425. The molecule has 3 rings (SSSR count). The topological polar surface area (TPSA) is 70.2 Å². The number of carbonyl (C=O) groups is 2. The fourth-order valence-electron chi connectivity index (χ4n) is 3.44. The fraction of sp³-hybridized carbons (Fsp3) is 0.364. The number of amides is 2. The molecule has 0 unspecified atom stereocenters. The average Bonchev–Trinajstić information content (AvgIpc) is 3.20. The Kier molecular flexibility index (Phi) is 6.99. The second-order valence-corrected chi connectivity index (χ2v) is 6.92. The van der Waals surface area contributed by atoms with Gasteiger partial charge in [-0.1, -0.05) is 60.7 Å². The summed E-state index contributed by atoms with van der Waals surface area (Å²) in [5.74, 6) is -0.701. The lowest BCUT2D eigenvalue weighted by atomic mass is 9.94. The Bertz CT molecular complexity index is 670. The third-order valence-electron chi connectivity index (χ3n) is 5.00.